The summed E-state index contributed by atoms with van der Waals surface area (Å²) in [6.07, 6.45) is 1.95. The molecule has 1 fully saturated rings. The second-order valence-corrected chi connectivity index (χ2v) is 5.45. The van der Waals surface area contributed by atoms with Crippen molar-refractivity contribution in [1.29, 1.82) is 0 Å². The third-order valence-electron chi connectivity index (χ3n) is 4.03. The lowest BCUT2D eigenvalue weighted by atomic mass is 9.93. The molecule has 0 radical (unpaired) electrons. The van der Waals surface area contributed by atoms with E-state index in [1.54, 1.807) is 6.07 Å². The molecule has 1 aliphatic rings. The molecule has 2 rings (SSSR count). The van der Waals surface area contributed by atoms with Crippen molar-refractivity contribution in [3.05, 3.63) is 35.4 Å². The fourth-order valence-corrected chi connectivity index (χ4v) is 2.86. The van der Waals surface area contributed by atoms with Crippen LogP contribution < -0.4 is 5.73 Å². The number of halogens is 3. The van der Waals surface area contributed by atoms with Gasteiger partial charge in [-0.3, -0.25) is 0 Å². The van der Waals surface area contributed by atoms with Crippen molar-refractivity contribution in [2.45, 2.75) is 50.7 Å². The van der Waals surface area contributed by atoms with E-state index in [0.29, 0.717) is 12.3 Å². The quantitative estimate of drug-likeness (QED) is 0.874. The molecule has 1 saturated carbocycles. The molecule has 4 heteroatoms. The van der Waals surface area contributed by atoms with E-state index in [2.05, 4.69) is 0 Å². The van der Waals surface area contributed by atoms with E-state index < -0.39 is 11.7 Å². The monoisotopic (exact) mass is 271 g/mol. The van der Waals surface area contributed by atoms with E-state index in [-0.39, 0.29) is 6.04 Å². The van der Waals surface area contributed by atoms with Crippen LogP contribution in [0.1, 0.15) is 43.2 Å². The van der Waals surface area contributed by atoms with Crippen LogP contribution in [0.15, 0.2) is 24.3 Å². The van der Waals surface area contributed by atoms with Crippen molar-refractivity contribution in [3.63, 3.8) is 0 Å². The van der Waals surface area contributed by atoms with Crippen molar-refractivity contribution in [2.24, 2.45) is 11.7 Å². The molecule has 1 atom stereocenters. The number of benzene rings is 1. The molecule has 0 aromatic heterocycles. The highest BCUT2D eigenvalue weighted by Gasteiger charge is 2.30. The molecule has 0 bridgehead atoms. The maximum Gasteiger partial charge on any atom is 0.416 e. The van der Waals surface area contributed by atoms with Gasteiger partial charge in [-0.1, -0.05) is 31.0 Å². The number of aryl methyl sites for hydroxylation is 1. The zero-order valence-corrected chi connectivity index (χ0v) is 10.9. The molecule has 1 unspecified atom stereocenters. The Bertz CT molecular complexity index is 408. The summed E-state index contributed by atoms with van der Waals surface area (Å²) >= 11 is 0. The van der Waals surface area contributed by atoms with Crippen molar-refractivity contribution in [1.82, 2.24) is 0 Å². The van der Waals surface area contributed by atoms with E-state index in [9.17, 15) is 13.2 Å². The van der Waals surface area contributed by atoms with Crippen LogP contribution in [0.3, 0.4) is 0 Å². The van der Waals surface area contributed by atoms with Gasteiger partial charge >= 0.3 is 6.18 Å². The standard InChI is InChI=1S/C15H20F3N/c16-15(17,18)13-7-3-4-11(10-13)8-9-14(19)12-5-1-2-6-12/h3-4,7,10,12,14H,1-2,5-6,8-9,19H2. The Kier molecular flexibility index (Phi) is 4.50. The summed E-state index contributed by atoms with van der Waals surface area (Å²) in [7, 11) is 0. The highest BCUT2D eigenvalue weighted by Crippen LogP contribution is 2.31. The van der Waals surface area contributed by atoms with Crippen LogP contribution in [-0.2, 0) is 12.6 Å². The Balaban J connectivity index is 1.92. The molecule has 1 aliphatic carbocycles. The minimum atomic E-state index is -4.26. The first-order valence-electron chi connectivity index (χ1n) is 6.88. The largest absolute Gasteiger partial charge is 0.416 e. The summed E-state index contributed by atoms with van der Waals surface area (Å²) in [6.45, 7) is 0. The summed E-state index contributed by atoms with van der Waals surface area (Å²) in [5.41, 5.74) is 6.28. The molecule has 19 heavy (non-hydrogen) atoms. The fraction of sp³-hybridized carbons (Fsp3) is 0.600. The van der Waals surface area contributed by atoms with E-state index >= 15 is 0 Å². The summed E-state index contributed by atoms with van der Waals surface area (Å²) in [4.78, 5) is 0. The van der Waals surface area contributed by atoms with Crippen LogP contribution in [0.4, 0.5) is 13.2 Å². The summed E-state index contributed by atoms with van der Waals surface area (Å²) in [6, 6.07) is 5.69. The average Bonchev–Trinajstić information content (AvgIpc) is 2.89. The molecule has 0 heterocycles. The topological polar surface area (TPSA) is 26.0 Å². The van der Waals surface area contributed by atoms with Gasteiger partial charge in [0.2, 0.25) is 0 Å². The fourth-order valence-electron chi connectivity index (χ4n) is 2.86. The van der Waals surface area contributed by atoms with E-state index in [1.165, 1.54) is 37.8 Å². The summed E-state index contributed by atoms with van der Waals surface area (Å²) in [5, 5.41) is 0. The van der Waals surface area contributed by atoms with Gasteiger partial charge in [0.15, 0.2) is 0 Å². The second-order valence-electron chi connectivity index (χ2n) is 5.45. The maximum absolute atomic E-state index is 12.6. The number of rotatable bonds is 4. The van der Waals surface area contributed by atoms with Gasteiger partial charge in [0.25, 0.3) is 0 Å². The third kappa shape index (κ3) is 3.96. The molecule has 1 nitrogen and oxygen atoms in total. The Labute approximate surface area is 112 Å². The van der Waals surface area contributed by atoms with Crippen molar-refractivity contribution in [3.8, 4) is 0 Å². The number of alkyl halides is 3. The zero-order valence-electron chi connectivity index (χ0n) is 10.9. The van der Waals surface area contributed by atoms with Gasteiger partial charge in [0, 0.05) is 6.04 Å². The van der Waals surface area contributed by atoms with Crippen molar-refractivity contribution >= 4 is 0 Å². The Morgan fingerprint density at radius 2 is 1.89 bits per heavy atom. The number of hydrogen-bond acceptors (Lipinski definition) is 1. The molecule has 2 N–H and O–H groups in total. The molecule has 106 valence electrons. The predicted octanol–water partition coefficient (Wildman–Crippen LogP) is 4.16. The smallest absolute Gasteiger partial charge is 0.327 e. The predicted molar refractivity (Wildman–Crippen MR) is 69.7 cm³/mol. The number of hydrogen-bond donors (Lipinski definition) is 1. The normalized spacial score (nSPS) is 18.7. The second kappa shape index (κ2) is 5.95. The first-order chi connectivity index (χ1) is 8.97. The van der Waals surface area contributed by atoms with E-state index in [0.717, 1.165) is 18.1 Å². The maximum atomic E-state index is 12.6. The van der Waals surface area contributed by atoms with Crippen LogP contribution in [0.2, 0.25) is 0 Å². The van der Waals surface area contributed by atoms with Gasteiger partial charge in [-0.2, -0.15) is 13.2 Å². The zero-order chi connectivity index (χ0) is 13.9. The lowest BCUT2D eigenvalue weighted by molar-refractivity contribution is -0.137. The van der Waals surface area contributed by atoms with Crippen LogP contribution in [0, 0.1) is 5.92 Å². The molecular weight excluding hydrogens is 251 g/mol. The highest BCUT2D eigenvalue weighted by atomic mass is 19.4. The minimum Gasteiger partial charge on any atom is -0.327 e. The molecule has 0 spiro atoms. The van der Waals surface area contributed by atoms with E-state index in [4.69, 9.17) is 5.73 Å². The number of nitrogens with two attached hydrogens (primary N) is 1. The van der Waals surface area contributed by atoms with Gasteiger partial charge < -0.3 is 5.73 Å². The minimum absolute atomic E-state index is 0.122. The molecule has 0 aliphatic heterocycles. The van der Waals surface area contributed by atoms with Crippen LogP contribution in [0.25, 0.3) is 0 Å². The van der Waals surface area contributed by atoms with E-state index in [1.807, 2.05) is 0 Å². The molecule has 0 amide bonds. The van der Waals surface area contributed by atoms with Gasteiger partial charge in [-0.25, -0.2) is 0 Å². The summed E-state index contributed by atoms with van der Waals surface area (Å²) < 4.78 is 37.8. The van der Waals surface area contributed by atoms with Crippen LogP contribution >= 0.6 is 0 Å². The van der Waals surface area contributed by atoms with Crippen molar-refractivity contribution in [2.75, 3.05) is 0 Å². The molecule has 0 saturated heterocycles. The van der Waals surface area contributed by atoms with Crippen LogP contribution in [0.5, 0.6) is 0 Å². The molecule has 1 aromatic carbocycles. The molecular formula is C15H20F3N. The Hall–Kier alpha value is -1.03. The van der Waals surface area contributed by atoms with Crippen molar-refractivity contribution < 1.29 is 13.2 Å². The lowest BCUT2D eigenvalue weighted by Gasteiger charge is -2.18. The first kappa shape index (κ1) is 14.4. The Morgan fingerprint density at radius 3 is 2.53 bits per heavy atom. The van der Waals surface area contributed by atoms with Gasteiger partial charge in [0.05, 0.1) is 5.56 Å². The Morgan fingerprint density at radius 1 is 1.21 bits per heavy atom. The summed E-state index contributed by atoms with van der Waals surface area (Å²) in [5.74, 6) is 0.561. The van der Waals surface area contributed by atoms with Gasteiger partial charge in [-0.15, -0.1) is 0 Å². The highest BCUT2D eigenvalue weighted by molar-refractivity contribution is 5.25. The van der Waals surface area contributed by atoms with Crippen LogP contribution in [-0.4, -0.2) is 6.04 Å². The molecule has 1 aromatic rings. The van der Waals surface area contributed by atoms with Gasteiger partial charge in [0.1, 0.15) is 0 Å². The average molecular weight is 271 g/mol. The SMILES string of the molecule is NC(CCc1cccc(C(F)(F)F)c1)C1CCCC1. The van der Waals surface area contributed by atoms with Gasteiger partial charge in [-0.05, 0) is 43.2 Å². The third-order valence-corrected chi connectivity index (χ3v) is 4.03. The lowest BCUT2D eigenvalue weighted by Crippen LogP contribution is -2.28. The first-order valence-corrected chi connectivity index (χ1v) is 6.88.